The molecule has 0 saturated carbocycles. The van der Waals surface area contributed by atoms with Crippen LogP contribution in [0.4, 0.5) is 0 Å². The number of rotatable bonds is 6. The van der Waals surface area contributed by atoms with Gasteiger partial charge in [-0.2, -0.15) is 5.26 Å². The van der Waals surface area contributed by atoms with Crippen LogP contribution in [0.3, 0.4) is 0 Å². The van der Waals surface area contributed by atoms with E-state index in [4.69, 9.17) is 9.47 Å². The van der Waals surface area contributed by atoms with Crippen molar-refractivity contribution in [3.8, 4) is 17.6 Å². The first kappa shape index (κ1) is 19.5. The SMILES string of the molecule is CC(C)[C@@](C)(C#N)NC(=O)C[NH+]1CC[NH+](Cc2ccc3c(c2)OCO3)CC1. The van der Waals surface area contributed by atoms with Crippen LogP contribution in [0.5, 0.6) is 11.5 Å². The minimum atomic E-state index is -0.803. The molecule has 1 atom stereocenters. The minimum Gasteiger partial charge on any atom is -0.454 e. The zero-order valence-electron chi connectivity index (χ0n) is 16.4. The lowest BCUT2D eigenvalue weighted by Gasteiger charge is -2.31. The first-order valence-corrected chi connectivity index (χ1v) is 9.67. The van der Waals surface area contributed by atoms with Gasteiger partial charge >= 0.3 is 0 Å². The maximum Gasteiger partial charge on any atom is 0.276 e. The molecule has 2 aliphatic rings. The number of quaternary nitrogens is 2. The van der Waals surface area contributed by atoms with Crippen LogP contribution in [0.1, 0.15) is 26.3 Å². The summed E-state index contributed by atoms with van der Waals surface area (Å²) in [4.78, 5) is 15.2. The topological polar surface area (TPSA) is 80.2 Å². The molecule has 7 heteroatoms. The lowest BCUT2D eigenvalue weighted by molar-refractivity contribution is -1.02. The monoisotopic (exact) mass is 374 g/mol. The van der Waals surface area contributed by atoms with Crippen LogP contribution in [0.2, 0.25) is 0 Å². The lowest BCUT2D eigenvalue weighted by atomic mass is 9.90. The molecule has 3 rings (SSSR count). The molecule has 1 amide bonds. The van der Waals surface area contributed by atoms with Crippen molar-refractivity contribution in [3.05, 3.63) is 23.8 Å². The number of hydrogen-bond donors (Lipinski definition) is 3. The summed E-state index contributed by atoms with van der Waals surface area (Å²) < 4.78 is 10.8. The van der Waals surface area contributed by atoms with E-state index >= 15 is 0 Å². The first-order valence-electron chi connectivity index (χ1n) is 9.67. The maximum absolute atomic E-state index is 12.4. The molecule has 1 fully saturated rings. The fourth-order valence-electron chi connectivity index (χ4n) is 3.51. The van der Waals surface area contributed by atoms with Crippen molar-refractivity contribution < 1.29 is 24.1 Å². The first-order chi connectivity index (χ1) is 12.9. The van der Waals surface area contributed by atoms with E-state index in [2.05, 4.69) is 23.5 Å². The van der Waals surface area contributed by atoms with Gasteiger partial charge in [-0.3, -0.25) is 4.79 Å². The number of fused-ring (bicyclic) bond motifs is 1. The summed E-state index contributed by atoms with van der Waals surface area (Å²) in [5.41, 5.74) is 0.445. The fraction of sp³-hybridized carbons (Fsp3) is 0.600. The molecule has 2 heterocycles. The number of piperazine rings is 1. The van der Waals surface area contributed by atoms with Crippen LogP contribution < -0.4 is 24.6 Å². The molecule has 0 spiro atoms. The Kier molecular flexibility index (Phi) is 5.88. The molecule has 0 bridgehead atoms. The number of carbonyl (C=O) groups is 1. The Balaban J connectivity index is 1.45. The van der Waals surface area contributed by atoms with Gasteiger partial charge < -0.3 is 24.6 Å². The molecule has 7 nitrogen and oxygen atoms in total. The average Bonchev–Trinajstić information content (AvgIpc) is 3.10. The van der Waals surface area contributed by atoms with Gasteiger partial charge in [0.2, 0.25) is 6.79 Å². The van der Waals surface area contributed by atoms with Gasteiger partial charge in [0.25, 0.3) is 5.91 Å². The van der Waals surface area contributed by atoms with Gasteiger partial charge in [-0.05, 0) is 31.0 Å². The minimum absolute atomic E-state index is 0.0398. The predicted molar refractivity (Wildman–Crippen MR) is 99.5 cm³/mol. The molecule has 0 radical (unpaired) electrons. The smallest absolute Gasteiger partial charge is 0.276 e. The number of ether oxygens (including phenoxy) is 2. The standard InChI is InChI=1S/C20H28N4O3/c1-15(2)20(3,13-21)22-19(25)12-24-8-6-23(7-9-24)11-16-4-5-17-18(10-16)27-14-26-17/h4-5,10,15H,6-9,11-12,14H2,1-3H3,(H,22,25)/p+2/t20-/m1/s1. The second-order valence-electron chi connectivity index (χ2n) is 8.06. The largest absolute Gasteiger partial charge is 0.454 e. The summed E-state index contributed by atoms with van der Waals surface area (Å²) >= 11 is 0. The van der Waals surface area contributed by atoms with E-state index < -0.39 is 5.54 Å². The Hall–Kier alpha value is -2.30. The Morgan fingerprint density at radius 1 is 1.22 bits per heavy atom. The van der Waals surface area contributed by atoms with Gasteiger partial charge in [0.05, 0.1) is 6.07 Å². The van der Waals surface area contributed by atoms with E-state index in [-0.39, 0.29) is 11.8 Å². The highest BCUT2D eigenvalue weighted by Gasteiger charge is 2.32. The summed E-state index contributed by atoms with van der Waals surface area (Å²) in [5.74, 6) is 1.68. The molecule has 0 aliphatic carbocycles. The third-order valence-corrected chi connectivity index (χ3v) is 5.75. The van der Waals surface area contributed by atoms with E-state index in [0.29, 0.717) is 13.3 Å². The summed E-state index contributed by atoms with van der Waals surface area (Å²) in [6, 6.07) is 8.37. The fourth-order valence-corrected chi connectivity index (χ4v) is 3.51. The number of hydrogen-bond acceptors (Lipinski definition) is 4. The third kappa shape index (κ3) is 4.71. The van der Waals surface area contributed by atoms with Crippen molar-refractivity contribution in [1.29, 1.82) is 5.26 Å². The summed E-state index contributed by atoms with van der Waals surface area (Å²) in [5, 5.41) is 12.3. The quantitative estimate of drug-likeness (QED) is 0.582. The summed E-state index contributed by atoms with van der Waals surface area (Å²) in [7, 11) is 0. The highest BCUT2D eigenvalue weighted by molar-refractivity contribution is 5.78. The molecule has 0 aromatic heterocycles. The van der Waals surface area contributed by atoms with Crippen LogP contribution in [-0.4, -0.2) is 51.0 Å². The zero-order valence-corrected chi connectivity index (χ0v) is 16.4. The normalized spacial score (nSPS) is 23.5. The van der Waals surface area contributed by atoms with Crippen molar-refractivity contribution in [2.24, 2.45) is 5.92 Å². The van der Waals surface area contributed by atoms with Gasteiger partial charge in [0.1, 0.15) is 38.3 Å². The Morgan fingerprint density at radius 3 is 2.56 bits per heavy atom. The van der Waals surface area contributed by atoms with Gasteiger partial charge in [0, 0.05) is 5.56 Å². The van der Waals surface area contributed by atoms with Gasteiger partial charge in [0.15, 0.2) is 18.0 Å². The lowest BCUT2D eigenvalue weighted by Crippen LogP contribution is -3.28. The molecule has 2 aliphatic heterocycles. The number of nitrogens with zero attached hydrogens (tertiary/aromatic N) is 1. The molecular formula is C20H30N4O3+2. The van der Waals surface area contributed by atoms with E-state index in [1.165, 1.54) is 15.4 Å². The molecule has 1 saturated heterocycles. The molecular weight excluding hydrogens is 344 g/mol. The Morgan fingerprint density at radius 2 is 1.89 bits per heavy atom. The van der Waals surface area contributed by atoms with E-state index in [0.717, 1.165) is 44.2 Å². The summed E-state index contributed by atoms with van der Waals surface area (Å²) in [6.45, 7) is 11.3. The third-order valence-electron chi connectivity index (χ3n) is 5.75. The number of benzene rings is 1. The molecule has 0 unspecified atom stereocenters. The Labute approximate surface area is 160 Å². The number of amides is 1. The predicted octanol–water partition coefficient (Wildman–Crippen LogP) is -1.25. The second-order valence-corrected chi connectivity index (χ2v) is 8.06. The molecule has 1 aromatic carbocycles. The maximum atomic E-state index is 12.4. The van der Waals surface area contributed by atoms with Crippen molar-refractivity contribution >= 4 is 5.91 Å². The van der Waals surface area contributed by atoms with Gasteiger partial charge in [-0.25, -0.2) is 0 Å². The van der Waals surface area contributed by atoms with Crippen LogP contribution in [-0.2, 0) is 11.3 Å². The number of carbonyl (C=O) groups excluding carboxylic acids is 1. The second kappa shape index (κ2) is 8.15. The average molecular weight is 374 g/mol. The highest BCUT2D eigenvalue weighted by atomic mass is 16.7. The van der Waals surface area contributed by atoms with Gasteiger partial charge in [-0.15, -0.1) is 0 Å². The highest BCUT2D eigenvalue weighted by Crippen LogP contribution is 2.32. The van der Waals surface area contributed by atoms with E-state index in [9.17, 15) is 10.1 Å². The van der Waals surface area contributed by atoms with Crippen molar-refractivity contribution in [2.45, 2.75) is 32.9 Å². The van der Waals surface area contributed by atoms with Crippen molar-refractivity contribution in [1.82, 2.24) is 5.32 Å². The molecule has 27 heavy (non-hydrogen) atoms. The van der Waals surface area contributed by atoms with Crippen LogP contribution in [0, 0.1) is 17.2 Å². The van der Waals surface area contributed by atoms with E-state index in [1.54, 1.807) is 6.92 Å². The zero-order chi connectivity index (χ0) is 19.4. The number of nitrogens with one attached hydrogen (secondary N) is 3. The van der Waals surface area contributed by atoms with E-state index in [1.807, 2.05) is 19.9 Å². The van der Waals surface area contributed by atoms with Crippen LogP contribution in [0.25, 0.3) is 0 Å². The number of nitriles is 1. The van der Waals surface area contributed by atoms with Crippen LogP contribution in [0.15, 0.2) is 18.2 Å². The van der Waals surface area contributed by atoms with Gasteiger partial charge in [-0.1, -0.05) is 13.8 Å². The summed E-state index contributed by atoms with van der Waals surface area (Å²) in [6.07, 6.45) is 0. The molecule has 1 aromatic rings. The molecule has 3 N–H and O–H groups in total. The van der Waals surface area contributed by atoms with Crippen LogP contribution >= 0.6 is 0 Å². The van der Waals surface area contributed by atoms with Crippen molar-refractivity contribution in [2.75, 3.05) is 39.5 Å². The Bertz CT molecular complexity index is 722. The molecule has 146 valence electrons. The van der Waals surface area contributed by atoms with Crippen molar-refractivity contribution in [3.63, 3.8) is 0 Å².